The van der Waals surface area contributed by atoms with E-state index in [4.69, 9.17) is 4.74 Å². The van der Waals surface area contributed by atoms with E-state index in [9.17, 15) is 4.79 Å². The Morgan fingerprint density at radius 2 is 1.96 bits per heavy atom. The van der Waals surface area contributed by atoms with E-state index in [0.29, 0.717) is 12.5 Å². The Morgan fingerprint density at radius 3 is 2.62 bits per heavy atom. The number of hydrogen-bond donors (Lipinski definition) is 1. The molecule has 1 saturated heterocycles. The van der Waals surface area contributed by atoms with Gasteiger partial charge in [0.15, 0.2) is 0 Å². The van der Waals surface area contributed by atoms with E-state index in [1.807, 2.05) is 42.3 Å². The molecule has 6 heteroatoms. The summed E-state index contributed by atoms with van der Waals surface area (Å²) in [4.78, 5) is 18.8. The molecule has 6 nitrogen and oxygen atoms in total. The second-order valence-electron chi connectivity index (χ2n) is 6.67. The third-order valence-corrected chi connectivity index (χ3v) is 4.89. The number of benzene rings is 1. The van der Waals surface area contributed by atoms with Crippen LogP contribution in [0.3, 0.4) is 0 Å². The molecule has 2 amide bonds. The van der Waals surface area contributed by atoms with Gasteiger partial charge in [-0.25, -0.2) is 9.78 Å². The average molecular weight is 356 g/mol. The Labute approximate surface area is 155 Å². The van der Waals surface area contributed by atoms with Crippen LogP contribution in [-0.4, -0.2) is 40.2 Å². The van der Waals surface area contributed by atoms with Crippen molar-refractivity contribution in [3.05, 3.63) is 42.5 Å². The first kappa shape index (κ1) is 18.3. The molecule has 0 aliphatic carbocycles. The van der Waals surface area contributed by atoms with Crippen LogP contribution in [0.5, 0.6) is 5.75 Å². The van der Waals surface area contributed by atoms with Gasteiger partial charge in [-0.2, -0.15) is 0 Å². The number of hydrogen-bond acceptors (Lipinski definition) is 3. The fourth-order valence-electron chi connectivity index (χ4n) is 3.42. The maximum Gasteiger partial charge on any atom is 0.321 e. The maximum absolute atomic E-state index is 12.5. The van der Waals surface area contributed by atoms with Gasteiger partial charge in [-0.15, -0.1) is 0 Å². The second kappa shape index (κ2) is 8.74. The third-order valence-electron chi connectivity index (χ3n) is 4.89. The van der Waals surface area contributed by atoms with Crippen molar-refractivity contribution in [1.29, 1.82) is 0 Å². The Kier molecular flexibility index (Phi) is 6.15. The molecule has 1 fully saturated rings. The number of nitrogens with one attached hydrogen (secondary N) is 1. The van der Waals surface area contributed by atoms with Gasteiger partial charge in [-0.3, -0.25) is 0 Å². The number of rotatable bonds is 6. The Hall–Kier alpha value is -2.50. The van der Waals surface area contributed by atoms with E-state index in [2.05, 4.69) is 28.0 Å². The molecule has 1 aliphatic rings. The van der Waals surface area contributed by atoms with Crippen molar-refractivity contribution in [3.63, 3.8) is 0 Å². The summed E-state index contributed by atoms with van der Waals surface area (Å²) in [7, 11) is 0. The summed E-state index contributed by atoms with van der Waals surface area (Å²) in [6, 6.07) is 7.48. The van der Waals surface area contributed by atoms with Crippen molar-refractivity contribution in [1.82, 2.24) is 14.5 Å². The highest BCUT2D eigenvalue weighted by molar-refractivity contribution is 5.89. The largest absolute Gasteiger partial charge is 0.494 e. The van der Waals surface area contributed by atoms with Gasteiger partial charge in [-0.05, 0) is 49.9 Å². The first-order valence-electron chi connectivity index (χ1n) is 9.48. The van der Waals surface area contributed by atoms with Crippen molar-refractivity contribution in [2.24, 2.45) is 5.92 Å². The van der Waals surface area contributed by atoms with Crippen LogP contribution in [0, 0.1) is 5.92 Å². The van der Waals surface area contributed by atoms with Crippen LogP contribution >= 0.6 is 0 Å². The number of amides is 2. The maximum atomic E-state index is 12.5. The van der Waals surface area contributed by atoms with Crippen LogP contribution in [0.25, 0.3) is 0 Å². The molecule has 0 bridgehead atoms. The van der Waals surface area contributed by atoms with Crippen molar-refractivity contribution in [2.75, 3.05) is 25.0 Å². The molecule has 0 spiro atoms. The third kappa shape index (κ3) is 4.56. The first-order valence-corrected chi connectivity index (χ1v) is 9.48. The van der Waals surface area contributed by atoms with Crippen LogP contribution in [0.4, 0.5) is 10.5 Å². The molecule has 0 unspecified atom stereocenters. The van der Waals surface area contributed by atoms with Crippen LogP contribution in [0.2, 0.25) is 0 Å². The van der Waals surface area contributed by atoms with Gasteiger partial charge in [-0.1, -0.05) is 6.92 Å². The number of carbonyl (C=O) groups is 1. The van der Waals surface area contributed by atoms with Crippen molar-refractivity contribution in [3.8, 4) is 5.75 Å². The quantitative estimate of drug-likeness (QED) is 0.857. The first-order chi connectivity index (χ1) is 12.7. The molecule has 0 radical (unpaired) electrons. The Morgan fingerprint density at radius 1 is 1.23 bits per heavy atom. The highest BCUT2D eigenvalue weighted by atomic mass is 16.5. The van der Waals surface area contributed by atoms with E-state index in [0.717, 1.165) is 56.2 Å². The predicted octanol–water partition coefficient (Wildman–Crippen LogP) is 3.79. The number of imidazole rings is 1. The molecule has 2 aromatic rings. The molecule has 1 N–H and O–H groups in total. The van der Waals surface area contributed by atoms with Crippen LogP contribution in [0.15, 0.2) is 36.7 Å². The monoisotopic (exact) mass is 356 g/mol. The summed E-state index contributed by atoms with van der Waals surface area (Å²) in [6.07, 6.45) is 6.94. The number of nitrogens with zero attached hydrogens (tertiary/aromatic N) is 3. The summed E-state index contributed by atoms with van der Waals surface area (Å²) in [5.41, 5.74) is 0.798. The highest BCUT2D eigenvalue weighted by Crippen LogP contribution is 2.21. The van der Waals surface area contributed by atoms with E-state index < -0.39 is 0 Å². The lowest BCUT2D eigenvalue weighted by Gasteiger charge is -2.32. The number of aromatic nitrogens is 2. The fraction of sp³-hybridized carbons (Fsp3) is 0.500. The molecule has 3 rings (SSSR count). The zero-order chi connectivity index (χ0) is 18.4. The van der Waals surface area contributed by atoms with Crippen molar-refractivity contribution >= 4 is 11.7 Å². The summed E-state index contributed by atoms with van der Waals surface area (Å²) < 4.78 is 7.67. The van der Waals surface area contributed by atoms with Gasteiger partial charge in [0.1, 0.15) is 11.6 Å². The number of piperidine rings is 1. The molecule has 140 valence electrons. The van der Waals surface area contributed by atoms with E-state index in [-0.39, 0.29) is 6.03 Å². The van der Waals surface area contributed by atoms with Crippen LogP contribution in [0.1, 0.15) is 32.5 Å². The lowest BCUT2D eigenvalue weighted by atomic mass is 9.97. The molecule has 0 saturated carbocycles. The predicted molar refractivity (Wildman–Crippen MR) is 103 cm³/mol. The number of anilines is 1. The lowest BCUT2D eigenvalue weighted by Crippen LogP contribution is -2.41. The van der Waals surface area contributed by atoms with Crippen molar-refractivity contribution in [2.45, 2.75) is 39.7 Å². The average Bonchev–Trinajstić information content (AvgIpc) is 3.11. The standard InChI is InChI=1S/C20H28N4O2/c1-3-19-21-11-14-24(19)15-16-9-12-23(13-10-16)20(25)22-17-5-7-18(8-6-17)26-4-2/h5-8,11,14,16H,3-4,9-10,12-13,15H2,1-2H3,(H,22,25). The molecule has 1 aromatic carbocycles. The number of carbonyl (C=O) groups excluding carboxylic acids is 1. The van der Waals surface area contributed by atoms with Crippen molar-refractivity contribution < 1.29 is 9.53 Å². The zero-order valence-corrected chi connectivity index (χ0v) is 15.6. The van der Waals surface area contributed by atoms with E-state index in [1.54, 1.807) is 0 Å². The Balaban J connectivity index is 1.47. The molecular weight excluding hydrogens is 328 g/mol. The molecule has 1 aliphatic heterocycles. The van der Waals surface area contributed by atoms with Crippen LogP contribution in [-0.2, 0) is 13.0 Å². The molecular formula is C20H28N4O2. The minimum absolute atomic E-state index is 0.0236. The van der Waals surface area contributed by atoms with Gasteiger partial charge in [0.25, 0.3) is 0 Å². The van der Waals surface area contributed by atoms with Gasteiger partial charge in [0.05, 0.1) is 6.61 Å². The molecule has 1 aromatic heterocycles. The van der Waals surface area contributed by atoms with E-state index >= 15 is 0 Å². The zero-order valence-electron chi connectivity index (χ0n) is 15.6. The number of aryl methyl sites for hydroxylation is 1. The van der Waals surface area contributed by atoms with Gasteiger partial charge in [0.2, 0.25) is 0 Å². The summed E-state index contributed by atoms with van der Waals surface area (Å²) in [6.45, 7) is 7.31. The fourth-order valence-corrected chi connectivity index (χ4v) is 3.42. The second-order valence-corrected chi connectivity index (χ2v) is 6.67. The van der Waals surface area contributed by atoms with E-state index in [1.165, 1.54) is 0 Å². The summed E-state index contributed by atoms with van der Waals surface area (Å²) >= 11 is 0. The normalized spacial score (nSPS) is 15.1. The highest BCUT2D eigenvalue weighted by Gasteiger charge is 2.23. The molecule has 0 atom stereocenters. The smallest absolute Gasteiger partial charge is 0.321 e. The minimum atomic E-state index is -0.0236. The van der Waals surface area contributed by atoms with Crippen LogP contribution < -0.4 is 10.1 Å². The topological polar surface area (TPSA) is 59.4 Å². The SMILES string of the molecule is CCOc1ccc(NC(=O)N2CCC(Cn3ccnc3CC)CC2)cc1. The number of ether oxygens (including phenoxy) is 1. The molecule has 2 heterocycles. The number of urea groups is 1. The summed E-state index contributed by atoms with van der Waals surface area (Å²) in [5, 5.41) is 2.98. The minimum Gasteiger partial charge on any atom is -0.494 e. The summed E-state index contributed by atoms with van der Waals surface area (Å²) in [5.74, 6) is 2.56. The number of likely N-dealkylation sites (tertiary alicyclic amines) is 1. The van der Waals surface area contributed by atoms with Gasteiger partial charge >= 0.3 is 6.03 Å². The molecule has 26 heavy (non-hydrogen) atoms. The lowest BCUT2D eigenvalue weighted by molar-refractivity contribution is 0.176. The van der Waals surface area contributed by atoms with Gasteiger partial charge < -0.3 is 19.5 Å². The van der Waals surface area contributed by atoms with Gasteiger partial charge in [0, 0.05) is 44.1 Å². The Bertz CT molecular complexity index is 703.